The molecule has 7 heteroatoms. The van der Waals surface area contributed by atoms with Gasteiger partial charge in [0, 0.05) is 32.0 Å². The molecule has 2 unspecified atom stereocenters. The second-order valence-electron chi connectivity index (χ2n) is 7.56. The fourth-order valence-corrected chi connectivity index (χ4v) is 4.08. The van der Waals surface area contributed by atoms with Gasteiger partial charge in [-0.05, 0) is 36.1 Å². The number of hydrogen-bond donors (Lipinski definition) is 2. The van der Waals surface area contributed by atoms with Crippen LogP contribution < -0.4 is 9.80 Å². The minimum Gasteiger partial charge on any atom is -0.481 e. The van der Waals surface area contributed by atoms with Gasteiger partial charge in [-0.1, -0.05) is 19.1 Å². The molecule has 0 saturated carbocycles. The molecule has 0 aliphatic carbocycles. The lowest BCUT2D eigenvalue weighted by Gasteiger charge is -2.43. The van der Waals surface area contributed by atoms with Gasteiger partial charge in [0.25, 0.3) is 0 Å². The van der Waals surface area contributed by atoms with E-state index in [0.29, 0.717) is 12.0 Å². The number of fused-ring (bicyclic) bond motifs is 1. The van der Waals surface area contributed by atoms with Crippen molar-refractivity contribution in [1.29, 1.82) is 0 Å². The summed E-state index contributed by atoms with van der Waals surface area (Å²) in [5, 5.41) is 9.98. The first-order chi connectivity index (χ1) is 13.5. The number of carbonyl (C=O) groups is 1. The topological polar surface area (TPSA) is 85.3 Å². The van der Waals surface area contributed by atoms with Crippen LogP contribution in [0.2, 0.25) is 0 Å². The Hall–Kier alpha value is -3.09. The molecule has 3 aromatic rings. The highest BCUT2D eigenvalue weighted by atomic mass is 16.4. The summed E-state index contributed by atoms with van der Waals surface area (Å²) in [5.41, 5.74) is 2.81. The molecule has 4 rings (SSSR count). The molecule has 2 N–H and O–H groups in total. The van der Waals surface area contributed by atoms with Crippen molar-refractivity contribution < 1.29 is 9.90 Å². The molecule has 0 spiro atoms. The van der Waals surface area contributed by atoms with E-state index in [1.54, 1.807) is 6.33 Å². The number of anilines is 2. The Balaban J connectivity index is 1.55. The van der Waals surface area contributed by atoms with Crippen LogP contribution in [0.5, 0.6) is 0 Å². The van der Waals surface area contributed by atoms with Gasteiger partial charge in [0.2, 0.25) is 0 Å². The lowest BCUT2D eigenvalue weighted by Crippen LogP contribution is -2.51. The quantitative estimate of drug-likeness (QED) is 0.709. The van der Waals surface area contributed by atoms with Crippen molar-refractivity contribution >= 4 is 28.5 Å². The predicted octanol–water partition coefficient (Wildman–Crippen LogP) is 2.94. The van der Waals surface area contributed by atoms with E-state index in [4.69, 9.17) is 5.11 Å². The normalized spacial score (nSPS) is 19.7. The van der Waals surface area contributed by atoms with Gasteiger partial charge in [-0.2, -0.15) is 0 Å². The van der Waals surface area contributed by atoms with Gasteiger partial charge in [0.1, 0.15) is 17.8 Å². The third kappa shape index (κ3) is 3.52. The van der Waals surface area contributed by atoms with Crippen molar-refractivity contribution in [1.82, 2.24) is 15.0 Å². The minimum atomic E-state index is -0.804. The number of piperidine rings is 1. The van der Waals surface area contributed by atoms with Crippen LogP contribution in [0.25, 0.3) is 11.0 Å². The molecule has 0 bridgehead atoms. The van der Waals surface area contributed by atoms with Crippen LogP contribution in [0.4, 0.5) is 11.5 Å². The number of carboxylic acid groups (broad SMARTS) is 1. The number of aliphatic carboxylic acids is 1. The monoisotopic (exact) mass is 379 g/mol. The van der Waals surface area contributed by atoms with Gasteiger partial charge >= 0.3 is 5.97 Å². The maximum atomic E-state index is 10.9. The number of nitrogens with zero attached hydrogens (tertiary/aromatic N) is 4. The minimum absolute atomic E-state index is 0.0586. The fraction of sp³-hybridized carbons (Fsp3) is 0.381. The Morgan fingerprint density at radius 2 is 2.07 bits per heavy atom. The van der Waals surface area contributed by atoms with E-state index in [0.717, 1.165) is 47.6 Å². The summed E-state index contributed by atoms with van der Waals surface area (Å²) >= 11 is 0. The summed E-state index contributed by atoms with van der Waals surface area (Å²) in [7, 11) is 2.11. The van der Waals surface area contributed by atoms with Crippen LogP contribution in [-0.2, 0) is 11.2 Å². The van der Waals surface area contributed by atoms with Crippen LogP contribution in [0.15, 0.2) is 42.9 Å². The van der Waals surface area contributed by atoms with Crippen molar-refractivity contribution in [2.75, 3.05) is 29.9 Å². The van der Waals surface area contributed by atoms with E-state index in [1.165, 1.54) is 0 Å². The van der Waals surface area contributed by atoms with Gasteiger partial charge in [-0.3, -0.25) is 4.79 Å². The van der Waals surface area contributed by atoms with Crippen molar-refractivity contribution in [2.45, 2.75) is 25.8 Å². The molecular weight excluding hydrogens is 354 g/mol. The average Bonchev–Trinajstić information content (AvgIpc) is 3.17. The van der Waals surface area contributed by atoms with Crippen molar-refractivity contribution in [3.63, 3.8) is 0 Å². The molecule has 0 radical (unpaired) electrons. The van der Waals surface area contributed by atoms with Gasteiger partial charge < -0.3 is 19.9 Å². The largest absolute Gasteiger partial charge is 0.481 e. The number of aromatic amines is 1. The molecule has 146 valence electrons. The number of aromatic nitrogens is 3. The van der Waals surface area contributed by atoms with E-state index < -0.39 is 5.97 Å². The fourth-order valence-electron chi connectivity index (χ4n) is 4.08. The third-order valence-corrected chi connectivity index (χ3v) is 5.74. The van der Waals surface area contributed by atoms with Crippen LogP contribution in [0.3, 0.4) is 0 Å². The zero-order chi connectivity index (χ0) is 19.7. The van der Waals surface area contributed by atoms with E-state index in [2.05, 4.69) is 38.7 Å². The Bertz CT molecular complexity index is 968. The molecule has 1 aromatic carbocycles. The summed E-state index contributed by atoms with van der Waals surface area (Å²) in [6.07, 6.45) is 4.65. The number of hydrogen-bond acceptors (Lipinski definition) is 5. The van der Waals surface area contributed by atoms with E-state index in [1.807, 2.05) is 36.5 Å². The Morgan fingerprint density at radius 3 is 2.82 bits per heavy atom. The molecule has 7 nitrogen and oxygen atoms in total. The molecule has 2 aromatic heterocycles. The molecule has 1 fully saturated rings. The van der Waals surface area contributed by atoms with Crippen molar-refractivity contribution in [3.05, 3.63) is 48.4 Å². The molecule has 1 aliphatic rings. The lowest BCUT2D eigenvalue weighted by atomic mass is 9.91. The number of nitrogens with one attached hydrogen (secondary N) is 1. The summed E-state index contributed by atoms with van der Waals surface area (Å²) in [6, 6.07) is 10.2. The number of likely N-dealkylation sites (N-methyl/N-ethyl adjacent to an activating group) is 1. The Morgan fingerprint density at radius 1 is 1.29 bits per heavy atom. The second-order valence-corrected chi connectivity index (χ2v) is 7.56. The smallest absolute Gasteiger partial charge is 0.307 e. The lowest BCUT2D eigenvalue weighted by molar-refractivity contribution is -0.136. The average molecular weight is 379 g/mol. The van der Waals surface area contributed by atoms with Crippen LogP contribution in [0.1, 0.15) is 18.9 Å². The SMILES string of the molecule is CC1CCN(c2ccc(CC(=O)O)cc2)CC1N(C)c1ncnc2[nH]ccc12. The zero-order valence-electron chi connectivity index (χ0n) is 16.2. The summed E-state index contributed by atoms with van der Waals surface area (Å²) in [4.78, 5) is 27.5. The highest BCUT2D eigenvalue weighted by Gasteiger charge is 2.31. The number of carboxylic acids is 1. The van der Waals surface area contributed by atoms with Gasteiger partial charge in [0.15, 0.2) is 0 Å². The molecule has 2 atom stereocenters. The molecule has 0 amide bonds. The Kier molecular flexibility index (Phi) is 4.90. The third-order valence-electron chi connectivity index (χ3n) is 5.74. The predicted molar refractivity (Wildman–Crippen MR) is 110 cm³/mol. The van der Waals surface area contributed by atoms with E-state index in [-0.39, 0.29) is 6.42 Å². The highest BCUT2D eigenvalue weighted by Crippen LogP contribution is 2.30. The first-order valence-electron chi connectivity index (χ1n) is 9.59. The number of benzene rings is 1. The van der Waals surface area contributed by atoms with Crippen LogP contribution >= 0.6 is 0 Å². The second kappa shape index (κ2) is 7.50. The molecule has 28 heavy (non-hydrogen) atoms. The first-order valence-corrected chi connectivity index (χ1v) is 9.59. The van der Waals surface area contributed by atoms with Gasteiger partial charge in [-0.15, -0.1) is 0 Å². The zero-order valence-corrected chi connectivity index (χ0v) is 16.2. The van der Waals surface area contributed by atoms with Gasteiger partial charge in [0.05, 0.1) is 17.8 Å². The number of rotatable bonds is 5. The van der Waals surface area contributed by atoms with E-state index in [9.17, 15) is 4.79 Å². The summed E-state index contributed by atoms with van der Waals surface area (Å²) in [5.74, 6) is 0.681. The maximum Gasteiger partial charge on any atom is 0.307 e. The van der Waals surface area contributed by atoms with Crippen molar-refractivity contribution in [2.24, 2.45) is 5.92 Å². The molecule has 1 saturated heterocycles. The molecule has 3 heterocycles. The van der Waals surface area contributed by atoms with Crippen LogP contribution in [0, 0.1) is 5.92 Å². The first kappa shape index (κ1) is 18.3. The summed E-state index contributed by atoms with van der Waals surface area (Å²) < 4.78 is 0. The van der Waals surface area contributed by atoms with Crippen molar-refractivity contribution in [3.8, 4) is 0 Å². The molecule has 1 aliphatic heterocycles. The maximum absolute atomic E-state index is 10.9. The Labute approximate surface area is 164 Å². The van der Waals surface area contributed by atoms with Crippen LogP contribution in [-0.4, -0.2) is 52.2 Å². The molecular formula is C21H25N5O2. The standard InChI is InChI=1S/C21H25N5O2/c1-14-8-10-26(16-5-3-15(4-6-16)11-19(27)28)12-18(14)25(2)21-17-7-9-22-20(17)23-13-24-21/h3-7,9,13-14,18H,8,10-12H2,1-2H3,(H,27,28)(H,22,23,24). The summed E-state index contributed by atoms with van der Waals surface area (Å²) in [6.45, 7) is 4.18. The number of H-pyrrole nitrogens is 1. The highest BCUT2D eigenvalue weighted by molar-refractivity contribution is 5.87. The van der Waals surface area contributed by atoms with Gasteiger partial charge in [-0.25, -0.2) is 9.97 Å². The van der Waals surface area contributed by atoms with E-state index >= 15 is 0 Å².